The highest BCUT2D eigenvalue weighted by Gasteiger charge is 1.98. The fourth-order valence-corrected chi connectivity index (χ4v) is 5.72. The predicted molar refractivity (Wildman–Crippen MR) is 251 cm³/mol. The Morgan fingerprint density at radius 3 is 0.641 bits per heavy atom. The van der Waals surface area contributed by atoms with Crippen LogP contribution < -0.4 is 5.73 Å². The summed E-state index contributed by atoms with van der Waals surface area (Å²) in [5, 5.41) is 0. The van der Waals surface area contributed by atoms with Crippen LogP contribution in [0.15, 0.2) is 12.2 Å². The quantitative estimate of drug-likeness (QED) is 0.0539. The molecule has 0 aliphatic rings. The minimum atomic E-state index is 0.505. The molecule has 0 aromatic rings. The number of ether oxygens (including phenoxy) is 15. The van der Waals surface area contributed by atoms with Gasteiger partial charge in [0.2, 0.25) is 0 Å². The molecule has 0 heterocycles. The fraction of sp³-hybridized carbons (Fsp3) is 0.958. The average Bonchev–Trinajstić information content (AvgIpc) is 3.31. The van der Waals surface area contributed by atoms with E-state index in [1.807, 2.05) is 0 Å². The minimum Gasteiger partial charge on any atom is -0.379 e. The average molecular weight is 928 g/mol. The van der Waals surface area contributed by atoms with Crippen LogP contribution in [0.1, 0.15) is 96.8 Å². The topological polar surface area (TPSA) is 164 Å². The zero-order chi connectivity index (χ0) is 45.8. The van der Waals surface area contributed by atoms with Gasteiger partial charge in [0.05, 0.1) is 192 Å². The molecule has 0 bridgehead atoms. The van der Waals surface area contributed by atoms with E-state index in [4.69, 9.17) is 76.8 Å². The maximum absolute atomic E-state index is 5.69. The lowest BCUT2D eigenvalue weighted by atomic mass is 10.1. The van der Waals surface area contributed by atoms with Gasteiger partial charge in [-0.25, -0.2) is 0 Å². The maximum atomic E-state index is 5.69. The van der Waals surface area contributed by atoms with E-state index < -0.39 is 0 Å². The van der Waals surface area contributed by atoms with E-state index in [2.05, 4.69) is 19.1 Å². The normalized spacial score (nSPS) is 11.8. The van der Waals surface area contributed by atoms with E-state index >= 15 is 0 Å². The van der Waals surface area contributed by atoms with Crippen LogP contribution in [0, 0.1) is 0 Å². The molecule has 0 aromatic heterocycles. The van der Waals surface area contributed by atoms with Gasteiger partial charge < -0.3 is 76.8 Å². The highest BCUT2D eigenvalue weighted by molar-refractivity contribution is 4.81. The van der Waals surface area contributed by atoms with Gasteiger partial charge in [-0.1, -0.05) is 76.9 Å². The van der Waals surface area contributed by atoms with Gasteiger partial charge in [0, 0.05) is 13.2 Å². The van der Waals surface area contributed by atoms with Crippen LogP contribution in [-0.2, 0) is 71.1 Å². The van der Waals surface area contributed by atoms with Gasteiger partial charge in [0.1, 0.15) is 0 Å². The molecule has 2 N–H and O–H groups in total. The summed E-state index contributed by atoms with van der Waals surface area (Å²) >= 11 is 0. The molecule has 0 atom stereocenters. The third kappa shape index (κ3) is 61.1. The van der Waals surface area contributed by atoms with Crippen molar-refractivity contribution in [1.82, 2.24) is 0 Å². The number of nitrogens with two attached hydrogens (primary N) is 1. The first-order valence-electron chi connectivity index (χ1n) is 24.9. The van der Waals surface area contributed by atoms with Gasteiger partial charge in [-0.3, -0.25) is 0 Å². The van der Waals surface area contributed by atoms with Crippen molar-refractivity contribution in [2.45, 2.75) is 96.8 Å². The van der Waals surface area contributed by atoms with Crippen LogP contribution in [-0.4, -0.2) is 205 Å². The summed E-state index contributed by atoms with van der Waals surface area (Å²) in [5.41, 5.74) is 5.34. The molecule has 384 valence electrons. The summed E-state index contributed by atoms with van der Waals surface area (Å²) < 4.78 is 82.4. The second kappa shape index (κ2) is 62.1. The van der Waals surface area contributed by atoms with Gasteiger partial charge in [-0.05, 0) is 32.1 Å². The molecule has 16 nitrogen and oxygen atoms in total. The molecule has 0 rings (SSSR count). The van der Waals surface area contributed by atoms with Crippen LogP contribution in [0.4, 0.5) is 0 Å². The molecule has 0 aliphatic carbocycles. The van der Waals surface area contributed by atoms with Gasteiger partial charge in [0.15, 0.2) is 0 Å². The van der Waals surface area contributed by atoms with Crippen LogP contribution >= 0.6 is 0 Å². The molecule has 0 saturated carbocycles. The molecule has 0 amide bonds. The van der Waals surface area contributed by atoms with Crippen molar-refractivity contribution in [3.05, 3.63) is 12.2 Å². The Morgan fingerprint density at radius 2 is 0.406 bits per heavy atom. The molecule has 0 radical (unpaired) electrons. The van der Waals surface area contributed by atoms with Crippen molar-refractivity contribution in [3.63, 3.8) is 0 Å². The van der Waals surface area contributed by atoms with Crippen LogP contribution in [0.3, 0.4) is 0 Å². The molecule has 0 aliphatic heterocycles. The van der Waals surface area contributed by atoms with Gasteiger partial charge in [-0.15, -0.1) is 0 Å². The Kier molecular flexibility index (Phi) is 61.2. The molecule has 64 heavy (non-hydrogen) atoms. The smallest absolute Gasteiger partial charge is 0.0701 e. The Bertz CT molecular complexity index is 836. The first-order chi connectivity index (χ1) is 31.9. The number of rotatable bonds is 60. The van der Waals surface area contributed by atoms with E-state index in [1.165, 1.54) is 83.5 Å². The van der Waals surface area contributed by atoms with Gasteiger partial charge in [0.25, 0.3) is 0 Å². The lowest BCUT2D eigenvalue weighted by molar-refractivity contribution is -0.0300. The highest BCUT2D eigenvalue weighted by atomic mass is 16.6. The standard InChI is InChI=1S/C48H97NO15/c1-2-3-4-5-6-7-8-9-10-11-12-13-14-15-16-17-19-50-21-23-52-25-27-54-29-31-56-33-35-58-37-39-60-41-43-62-45-47-64-48-46-63-44-42-61-40-38-59-36-34-57-32-30-55-28-26-53-24-22-51-20-18-49/h12-13H,2-11,14-49H2,1H3/b13-12+. The number of allylic oxidation sites excluding steroid dienone is 2. The van der Waals surface area contributed by atoms with Crippen LogP contribution in [0.25, 0.3) is 0 Å². The lowest BCUT2D eigenvalue weighted by Gasteiger charge is -2.09. The maximum Gasteiger partial charge on any atom is 0.0701 e. The Labute approximate surface area is 389 Å². The van der Waals surface area contributed by atoms with Gasteiger partial charge >= 0.3 is 0 Å². The van der Waals surface area contributed by atoms with Crippen molar-refractivity contribution in [2.75, 3.05) is 205 Å². The van der Waals surface area contributed by atoms with E-state index in [1.54, 1.807) is 0 Å². The third-order valence-corrected chi connectivity index (χ3v) is 9.27. The molecule has 0 spiro atoms. The predicted octanol–water partition coefficient (Wildman–Crippen LogP) is 6.23. The van der Waals surface area contributed by atoms with E-state index in [0.717, 1.165) is 13.0 Å². The van der Waals surface area contributed by atoms with Crippen molar-refractivity contribution < 1.29 is 71.1 Å². The van der Waals surface area contributed by atoms with Crippen molar-refractivity contribution in [1.29, 1.82) is 0 Å². The largest absolute Gasteiger partial charge is 0.379 e. The van der Waals surface area contributed by atoms with Crippen LogP contribution in [0.2, 0.25) is 0 Å². The highest BCUT2D eigenvalue weighted by Crippen LogP contribution is 2.11. The zero-order valence-electron chi connectivity index (χ0n) is 40.7. The van der Waals surface area contributed by atoms with Crippen molar-refractivity contribution >= 4 is 0 Å². The number of hydrogen-bond donors (Lipinski definition) is 1. The second-order valence-corrected chi connectivity index (χ2v) is 14.9. The Morgan fingerprint density at radius 1 is 0.219 bits per heavy atom. The number of unbranched alkanes of at least 4 members (excludes halogenated alkanes) is 12. The molecular weight excluding hydrogens is 831 g/mol. The molecule has 0 saturated heterocycles. The minimum absolute atomic E-state index is 0.505. The van der Waals surface area contributed by atoms with Crippen molar-refractivity contribution in [2.24, 2.45) is 5.73 Å². The summed E-state index contributed by atoms with van der Waals surface area (Å²) in [6.07, 6.45) is 23.3. The monoisotopic (exact) mass is 928 g/mol. The third-order valence-electron chi connectivity index (χ3n) is 9.27. The van der Waals surface area contributed by atoms with E-state index in [-0.39, 0.29) is 0 Å². The SMILES string of the molecule is CCCCCCCCCCC/C=C/CCCCCOCCOCCOCCOCCOCCOCCOCCOCCOCCOCCOCCOCCOCCOCCOCCN. The number of hydrogen-bond acceptors (Lipinski definition) is 16. The first-order valence-corrected chi connectivity index (χ1v) is 24.9. The fourth-order valence-electron chi connectivity index (χ4n) is 5.72. The first kappa shape index (κ1) is 63.1. The molecule has 0 unspecified atom stereocenters. The molecular formula is C48H97NO15. The molecule has 16 heteroatoms. The van der Waals surface area contributed by atoms with E-state index in [9.17, 15) is 0 Å². The summed E-state index contributed by atoms with van der Waals surface area (Å²) in [5.74, 6) is 0. The van der Waals surface area contributed by atoms with Gasteiger partial charge in [-0.2, -0.15) is 0 Å². The molecule has 0 fully saturated rings. The van der Waals surface area contributed by atoms with Crippen LogP contribution in [0.5, 0.6) is 0 Å². The summed E-state index contributed by atoms with van der Waals surface area (Å²) in [7, 11) is 0. The van der Waals surface area contributed by atoms with Crippen molar-refractivity contribution in [3.8, 4) is 0 Å². The second-order valence-electron chi connectivity index (χ2n) is 14.9. The Balaban J connectivity index is 3.08. The lowest BCUT2D eigenvalue weighted by Crippen LogP contribution is -2.16. The summed E-state index contributed by atoms with van der Waals surface area (Å²) in [6.45, 7) is 18.9. The van der Waals surface area contributed by atoms with E-state index in [0.29, 0.717) is 198 Å². The molecule has 0 aromatic carbocycles. The zero-order valence-corrected chi connectivity index (χ0v) is 40.7. The summed E-state index contributed by atoms with van der Waals surface area (Å²) in [6, 6.07) is 0. The Hall–Kier alpha value is -0.900. The summed E-state index contributed by atoms with van der Waals surface area (Å²) in [4.78, 5) is 0.